The summed E-state index contributed by atoms with van der Waals surface area (Å²) in [6.07, 6.45) is 0. The van der Waals surface area contributed by atoms with E-state index in [0.717, 1.165) is 6.07 Å². The molecule has 1 fully saturated rings. The number of anilines is 1. The molecule has 2 aromatic rings. The van der Waals surface area contributed by atoms with Crippen LogP contribution in [0.5, 0.6) is 0 Å². The van der Waals surface area contributed by atoms with Crippen molar-refractivity contribution in [2.75, 3.05) is 31.0 Å². The molecule has 10 heteroatoms. The maximum atomic E-state index is 12.9. The van der Waals surface area contributed by atoms with Gasteiger partial charge in [0.1, 0.15) is 0 Å². The first-order valence-electron chi connectivity index (χ1n) is 8.85. The van der Waals surface area contributed by atoms with Crippen molar-refractivity contribution in [2.45, 2.75) is 4.90 Å². The summed E-state index contributed by atoms with van der Waals surface area (Å²) in [5, 5.41) is 2.12. The molecule has 29 heavy (non-hydrogen) atoms. The molecule has 0 aromatic heterocycles. The second-order valence-electron chi connectivity index (χ2n) is 6.55. The Balaban J connectivity index is 1.64. The molecule has 1 saturated heterocycles. The minimum atomic E-state index is -4.10. The van der Waals surface area contributed by atoms with Crippen LogP contribution in [0.2, 0.25) is 0 Å². The van der Waals surface area contributed by atoms with Crippen molar-refractivity contribution < 1.29 is 27.5 Å². The Labute approximate surface area is 166 Å². The maximum Gasteiger partial charge on any atom is 0.261 e. The molecule has 0 aliphatic carbocycles. The molecule has 150 valence electrons. The number of hydrogen-bond donors (Lipinski definition) is 2. The van der Waals surface area contributed by atoms with E-state index in [4.69, 9.17) is 4.74 Å². The number of para-hydroxylation sites is 1. The van der Waals surface area contributed by atoms with Crippen LogP contribution in [-0.4, -0.2) is 57.3 Å². The Morgan fingerprint density at radius 3 is 2.45 bits per heavy atom. The van der Waals surface area contributed by atoms with Crippen LogP contribution < -0.4 is 10.0 Å². The Bertz CT molecular complexity index is 1120. The largest absolute Gasteiger partial charge is 0.378 e. The molecule has 0 unspecified atom stereocenters. The molecule has 0 saturated carbocycles. The van der Waals surface area contributed by atoms with Crippen molar-refractivity contribution in [1.29, 1.82) is 0 Å². The third-order valence-electron chi connectivity index (χ3n) is 4.72. The van der Waals surface area contributed by atoms with Crippen LogP contribution in [0.1, 0.15) is 31.1 Å². The number of carbonyl (C=O) groups is 3. The molecule has 0 atom stereocenters. The molecule has 0 bridgehead atoms. The van der Waals surface area contributed by atoms with Gasteiger partial charge in [0, 0.05) is 13.1 Å². The predicted molar refractivity (Wildman–Crippen MR) is 102 cm³/mol. The zero-order chi connectivity index (χ0) is 20.6. The number of morpholine rings is 1. The Kier molecular flexibility index (Phi) is 4.81. The quantitative estimate of drug-likeness (QED) is 0.714. The number of nitrogens with zero attached hydrogens (tertiary/aromatic N) is 1. The van der Waals surface area contributed by atoms with E-state index >= 15 is 0 Å². The van der Waals surface area contributed by atoms with Gasteiger partial charge in [0.15, 0.2) is 0 Å². The first kappa shape index (κ1) is 19.1. The molecule has 2 aliphatic rings. The van der Waals surface area contributed by atoms with Crippen molar-refractivity contribution >= 4 is 33.4 Å². The number of sulfonamides is 1. The van der Waals surface area contributed by atoms with Gasteiger partial charge in [0.2, 0.25) is 0 Å². The molecular weight excluding hydrogens is 398 g/mol. The number of imide groups is 1. The normalized spacial score (nSPS) is 16.3. The lowest BCUT2D eigenvalue weighted by Crippen LogP contribution is -2.41. The van der Waals surface area contributed by atoms with E-state index in [9.17, 15) is 22.8 Å². The summed E-state index contributed by atoms with van der Waals surface area (Å²) in [7, 11) is -4.10. The van der Waals surface area contributed by atoms with Gasteiger partial charge in [-0.3, -0.25) is 24.4 Å². The molecule has 0 spiro atoms. The summed E-state index contributed by atoms with van der Waals surface area (Å²) in [5.74, 6) is -1.51. The standard InChI is InChI=1S/C19H17N3O6S/c23-17-13-6-5-12(11-15(13)18(24)20-17)29(26,27)21-16-4-2-1-3-14(16)19(25)22-7-9-28-10-8-22/h1-6,11,21H,7-10H2,(H,20,23,24). The number of nitrogens with one attached hydrogen (secondary N) is 2. The molecule has 0 radical (unpaired) electrons. The van der Waals surface area contributed by atoms with Crippen LogP contribution in [0.15, 0.2) is 47.4 Å². The second-order valence-corrected chi connectivity index (χ2v) is 8.23. The van der Waals surface area contributed by atoms with E-state index < -0.39 is 21.8 Å². The van der Waals surface area contributed by atoms with Gasteiger partial charge < -0.3 is 9.64 Å². The fourth-order valence-corrected chi connectivity index (χ4v) is 4.32. The highest BCUT2D eigenvalue weighted by Crippen LogP contribution is 2.25. The summed E-state index contributed by atoms with van der Waals surface area (Å²) in [6, 6.07) is 9.98. The third-order valence-corrected chi connectivity index (χ3v) is 6.08. The van der Waals surface area contributed by atoms with E-state index in [-0.39, 0.29) is 33.2 Å². The number of hydrogen-bond acceptors (Lipinski definition) is 6. The van der Waals surface area contributed by atoms with Gasteiger partial charge in [-0.05, 0) is 30.3 Å². The maximum absolute atomic E-state index is 12.9. The van der Waals surface area contributed by atoms with Gasteiger partial charge >= 0.3 is 0 Å². The van der Waals surface area contributed by atoms with Gasteiger partial charge in [-0.2, -0.15) is 0 Å². The minimum Gasteiger partial charge on any atom is -0.378 e. The Morgan fingerprint density at radius 1 is 1.00 bits per heavy atom. The van der Waals surface area contributed by atoms with Crippen LogP contribution in [0.4, 0.5) is 5.69 Å². The van der Waals surface area contributed by atoms with E-state index in [1.54, 1.807) is 23.1 Å². The molecule has 3 amide bonds. The zero-order valence-corrected chi connectivity index (χ0v) is 16.0. The third kappa shape index (κ3) is 3.59. The van der Waals surface area contributed by atoms with Crippen molar-refractivity contribution in [3.63, 3.8) is 0 Å². The van der Waals surface area contributed by atoms with Gasteiger partial charge in [-0.25, -0.2) is 8.42 Å². The number of fused-ring (bicyclic) bond motifs is 1. The molecule has 2 aromatic carbocycles. The topological polar surface area (TPSA) is 122 Å². The van der Waals surface area contributed by atoms with Gasteiger partial charge in [0.05, 0.1) is 40.5 Å². The lowest BCUT2D eigenvalue weighted by Gasteiger charge is -2.27. The predicted octanol–water partition coefficient (Wildman–Crippen LogP) is 0.843. The average Bonchev–Trinajstić information content (AvgIpc) is 3.01. The van der Waals surface area contributed by atoms with Gasteiger partial charge in [0.25, 0.3) is 27.7 Å². The molecule has 4 rings (SSSR count). The summed E-state index contributed by atoms with van der Waals surface area (Å²) in [6.45, 7) is 1.70. The number of amides is 3. The minimum absolute atomic E-state index is 0.00412. The molecule has 2 heterocycles. The first-order valence-corrected chi connectivity index (χ1v) is 10.3. The molecular formula is C19H17N3O6S. The Morgan fingerprint density at radius 2 is 1.69 bits per heavy atom. The number of carbonyl (C=O) groups excluding carboxylic acids is 3. The van der Waals surface area contributed by atoms with Gasteiger partial charge in [-0.15, -0.1) is 0 Å². The average molecular weight is 415 g/mol. The first-order chi connectivity index (χ1) is 13.9. The van der Waals surface area contributed by atoms with Gasteiger partial charge in [-0.1, -0.05) is 12.1 Å². The van der Waals surface area contributed by atoms with E-state index in [2.05, 4.69) is 10.0 Å². The fourth-order valence-electron chi connectivity index (χ4n) is 3.21. The van der Waals surface area contributed by atoms with Crippen molar-refractivity contribution in [3.05, 3.63) is 59.2 Å². The highest BCUT2D eigenvalue weighted by Gasteiger charge is 2.29. The van der Waals surface area contributed by atoms with E-state index in [0.29, 0.717) is 26.3 Å². The molecule has 2 aliphatic heterocycles. The van der Waals surface area contributed by atoms with E-state index in [1.807, 2.05) is 0 Å². The summed E-state index contributed by atoms with van der Waals surface area (Å²) < 4.78 is 33.4. The lowest BCUT2D eigenvalue weighted by molar-refractivity contribution is 0.0303. The fraction of sp³-hybridized carbons (Fsp3) is 0.211. The van der Waals surface area contributed by atoms with Crippen LogP contribution in [0.3, 0.4) is 0 Å². The highest BCUT2D eigenvalue weighted by molar-refractivity contribution is 7.92. The number of rotatable bonds is 4. The van der Waals surface area contributed by atoms with Crippen molar-refractivity contribution in [1.82, 2.24) is 10.2 Å². The van der Waals surface area contributed by atoms with Crippen molar-refractivity contribution in [3.8, 4) is 0 Å². The summed E-state index contributed by atoms with van der Waals surface area (Å²) >= 11 is 0. The number of ether oxygens (including phenoxy) is 1. The smallest absolute Gasteiger partial charge is 0.261 e. The Hall–Kier alpha value is -3.24. The van der Waals surface area contributed by atoms with Crippen molar-refractivity contribution in [2.24, 2.45) is 0 Å². The van der Waals surface area contributed by atoms with Crippen LogP contribution >= 0.6 is 0 Å². The van der Waals surface area contributed by atoms with Crippen LogP contribution in [-0.2, 0) is 14.8 Å². The number of benzene rings is 2. The SMILES string of the molecule is O=C1NC(=O)c2cc(S(=O)(=O)Nc3ccccc3C(=O)N3CCOCC3)ccc21. The van der Waals surface area contributed by atoms with Crippen LogP contribution in [0, 0.1) is 0 Å². The zero-order valence-electron chi connectivity index (χ0n) is 15.2. The monoisotopic (exact) mass is 415 g/mol. The second kappa shape index (κ2) is 7.30. The van der Waals surface area contributed by atoms with Crippen LogP contribution in [0.25, 0.3) is 0 Å². The highest BCUT2D eigenvalue weighted by atomic mass is 32.2. The molecule has 9 nitrogen and oxygen atoms in total. The lowest BCUT2D eigenvalue weighted by atomic mass is 10.1. The summed E-state index contributed by atoms with van der Waals surface area (Å²) in [4.78, 5) is 37.7. The summed E-state index contributed by atoms with van der Waals surface area (Å²) in [5.41, 5.74) is 0.462. The van der Waals surface area contributed by atoms with E-state index in [1.165, 1.54) is 18.2 Å². The molecule has 2 N–H and O–H groups in total.